The molecular weight excluding hydrogens is 297 g/mol. The topological polar surface area (TPSA) is 24.1 Å². The lowest BCUT2D eigenvalue weighted by molar-refractivity contribution is -0.137. The molecule has 0 aromatic heterocycles. The van der Waals surface area contributed by atoms with Crippen LogP contribution in [0.25, 0.3) is 0 Å². The summed E-state index contributed by atoms with van der Waals surface area (Å²) in [5.41, 5.74) is 0.0353. The molecule has 0 unspecified atom stereocenters. The zero-order chi connectivity index (χ0) is 12.5. The SMILES string of the molecule is FC(F)(F)c1cc(Br)cc([C@@H]2CNCCN2)c1. The fraction of sp³-hybridized carbons (Fsp3) is 0.455. The summed E-state index contributed by atoms with van der Waals surface area (Å²) in [4.78, 5) is 0. The molecule has 0 saturated carbocycles. The van der Waals surface area contributed by atoms with Crippen molar-refractivity contribution in [2.45, 2.75) is 12.2 Å². The molecule has 1 saturated heterocycles. The highest BCUT2D eigenvalue weighted by Crippen LogP contribution is 2.33. The fourth-order valence-electron chi connectivity index (χ4n) is 1.87. The van der Waals surface area contributed by atoms with Gasteiger partial charge in [-0.15, -0.1) is 0 Å². The first-order valence-corrected chi connectivity index (χ1v) is 6.08. The van der Waals surface area contributed by atoms with Crippen molar-refractivity contribution in [3.05, 3.63) is 33.8 Å². The molecule has 2 rings (SSSR count). The first-order valence-electron chi connectivity index (χ1n) is 5.28. The largest absolute Gasteiger partial charge is 0.416 e. The van der Waals surface area contributed by atoms with Crippen LogP contribution < -0.4 is 10.6 Å². The summed E-state index contributed by atoms with van der Waals surface area (Å²) in [5, 5.41) is 6.34. The summed E-state index contributed by atoms with van der Waals surface area (Å²) >= 11 is 3.12. The van der Waals surface area contributed by atoms with E-state index in [2.05, 4.69) is 26.6 Å². The maximum atomic E-state index is 12.7. The standard InChI is InChI=1S/C11H12BrF3N2/c12-9-4-7(10-6-16-1-2-17-10)3-8(5-9)11(13,14)15/h3-5,10,16-17H,1-2,6H2/t10-/m0/s1. The minimum absolute atomic E-state index is 0.0673. The van der Waals surface area contributed by atoms with E-state index in [1.165, 1.54) is 6.07 Å². The van der Waals surface area contributed by atoms with Crippen molar-refractivity contribution >= 4 is 15.9 Å². The second kappa shape index (κ2) is 4.96. The Hall–Kier alpha value is -0.590. The molecule has 1 aromatic rings. The molecule has 1 heterocycles. The Morgan fingerprint density at radius 1 is 1.18 bits per heavy atom. The molecule has 2 nitrogen and oxygen atoms in total. The Bertz CT molecular complexity index is 400. The van der Waals surface area contributed by atoms with E-state index in [1.54, 1.807) is 6.07 Å². The average molecular weight is 309 g/mol. The first kappa shape index (κ1) is 12.9. The van der Waals surface area contributed by atoms with Crippen LogP contribution in [0.4, 0.5) is 13.2 Å². The average Bonchev–Trinajstić information content (AvgIpc) is 2.28. The van der Waals surface area contributed by atoms with Crippen LogP contribution in [-0.4, -0.2) is 19.6 Å². The van der Waals surface area contributed by atoms with Crippen LogP contribution in [0.15, 0.2) is 22.7 Å². The van der Waals surface area contributed by atoms with Crippen LogP contribution in [0.2, 0.25) is 0 Å². The molecule has 1 aromatic carbocycles. The van der Waals surface area contributed by atoms with Gasteiger partial charge in [-0.1, -0.05) is 15.9 Å². The lowest BCUT2D eigenvalue weighted by atomic mass is 10.0. The molecule has 1 aliphatic heterocycles. The van der Waals surface area contributed by atoms with Gasteiger partial charge in [0.15, 0.2) is 0 Å². The van der Waals surface area contributed by atoms with Crippen LogP contribution in [0.1, 0.15) is 17.2 Å². The minimum atomic E-state index is -4.30. The third-order valence-electron chi connectivity index (χ3n) is 2.69. The van der Waals surface area contributed by atoms with Crippen molar-refractivity contribution in [3.63, 3.8) is 0 Å². The lowest BCUT2D eigenvalue weighted by Crippen LogP contribution is -2.42. The zero-order valence-electron chi connectivity index (χ0n) is 8.94. The highest BCUT2D eigenvalue weighted by Gasteiger charge is 2.31. The van der Waals surface area contributed by atoms with Crippen molar-refractivity contribution in [2.24, 2.45) is 0 Å². The monoisotopic (exact) mass is 308 g/mol. The van der Waals surface area contributed by atoms with E-state index < -0.39 is 11.7 Å². The van der Waals surface area contributed by atoms with Gasteiger partial charge in [0.05, 0.1) is 5.56 Å². The third kappa shape index (κ3) is 3.20. The molecule has 0 radical (unpaired) electrons. The Kier molecular flexibility index (Phi) is 3.75. The number of hydrogen-bond donors (Lipinski definition) is 2. The van der Waals surface area contributed by atoms with Crippen LogP contribution in [0.3, 0.4) is 0 Å². The van der Waals surface area contributed by atoms with Gasteiger partial charge in [-0.05, 0) is 23.8 Å². The van der Waals surface area contributed by atoms with E-state index in [9.17, 15) is 13.2 Å². The second-order valence-electron chi connectivity index (χ2n) is 3.98. The normalized spacial score (nSPS) is 21.5. The molecule has 1 fully saturated rings. The summed E-state index contributed by atoms with van der Waals surface area (Å²) in [6.45, 7) is 2.25. The quantitative estimate of drug-likeness (QED) is 0.833. The maximum Gasteiger partial charge on any atom is 0.416 e. The van der Waals surface area contributed by atoms with Gasteiger partial charge in [0.25, 0.3) is 0 Å². The molecule has 1 aliphatic rings. The Labute approximate surface area is 106 Å². The van der Waals surface area contributed by atoms with Gasteiger partial charge in [0, 0.05) is 30.1 Å². The fourth-order valence-corrected chi connectivity index (χ4v) is 2.38. The van der Waals surface area contributed by atoms with E-state index in [-0.39, 0.29) is 6.04 Å². The highest BCUT2D eigenvalue weighted by molar-refractivity contribution is 9.10. The second-order valence-corrected chi connectivity index (χ2v) is 4.90. The molecule has 0 spiro atoms. The van der Waals surface area contributed by atoms with Gasteiger partial charge >= 0.3 is 6.18 Å². The molecule has 17 heavy (non-hydrogen) atoms. The smallest absolute Gasteiger partial charge is 0.314 e. The molecule has 94 valence electrons. The van der Waals surface area contributed by atoms with E-state index in [0.717, 1.165) is 19.2 Å². The van der Waals surface area contributed by atoms with Crippen LogP contribution >= 0.6 is 15.9 Å². The summed E-state index contributed by atoms with van der Waals surface area (Å²) in [6, 6.07) is 3.96. The molecule has 2 N–H and O–H groups in total. The summed E-state index contributed by atoms with van der Waals surface area (Å²) in [5.74, 6) is 0. The van der Waals surface area contributed by atoms with Gasteiger partial charge in [-0.25, -0.2) is 0 Å². The van der Waals surface area contributed by atoms with Crippen molar-refractivity contribution in [3.8, 4) is 0 Å². The zero-order valence-corrected chi connectivity index (χ0v) is 10.5. The number of alkyl halides is 3. The number of piperazine rings is 1. The summed E-state index contributed by atoms with van der Waals surface area (Å²) in [7, 11) is 0. The summed E-state index contributed by atoms with van der Waals surface area (Å²) in [6.07, 6.45) is -4.30. The van der Waals surface area contributed by atoms with E-state index in [1.807, 2.05) is 0 Å². The first-order chi connectivity index (χ1) is 7.97. The van der Waals surface area contributed by atoms with Gasteiger partial charge in [-0.2, -0.15) is 13.2 Å². The van der Waals surface area contributed by atoms with Crippen LogP contribution in [0, 0.1) is 0 Å². The molecule has 0 amide bonds. The van der Waals surface area contributed by atoms with Gasteiger partial charge in [-0.3, -0.25) is 0 Å². The number of benzene rings is 1. The Morgan fingerprint density at radius 2 is 1.94 bits per heavy atom. The molecule has 0 aliphatic carbocycles. The maximum absolute atomic E-state index is 12.7. The predicted molar refractivity (Wildman–Crippen MR) is 62.8 cm³/mol. The molecule has 0 bridgehead atoms. The van der Waals surface area contributed by atoms with E-state index in [0.29, 0.717) is 16.6 Å². The Morgan fingerprint density at radius 3 is 2.53 bits per heavy atom. The van der Waals surface area contributed by atoms with Gasteiger partial charge in [0.2, 0.25) is 0 Å². The lowest BCUT2D eigenvalue weighted by Gasteiger charge is -2.25. The van der Waals surface area contributed by atoms with Crippen molar-refractivity contribution in [1.29, 1.82) is 0 Å². The van der Waals surface area contributed by atoms with Crippen LogP contribution in [0.5, 0.6) is 0 Å². The summed E-state index contributed by atoms with van der Waals surface area (Å²) < 4.78 is 38.4. The number of hydrogen-bond acceptors (Lipinski definition) is 2. The molecule has 6 heteroatoms. The van der Waals surface area contributed by atoms with Gasteiger partial charge < -0.3 is 10.6 Å². The van der Waals surface area contributed by atoms with E-state index >= 15 is 0 Å². The molecule has 1 atom stereocenters. The van der Waals surface area contributed by atoms with Crippen molar-refractivity contribution in [1.82, 2.24) is 10.6 Å². The van der Waals surface area contributed by atoms with Crippen molar-refractivity contribution in [2.75, 3.05) is 19.6 Å². The molecular formula is C11H12BrF3N2. The van der Waals surface area contributed by atoms with Crippen molar-refractivity contribution < 1.29 is 13.2 Å². The van der Waals surface area contributed by atoms with Crippen LogP contribution in [-0.2, 0) is 6.18 Å². The number of rotatable bonds is 1. The predicted octanol–water partition coefficient (Wildman–Crippen LogP) is 2.70. The highest BCUT2D eigenvalue weighted by atomic mass is 79.9. The minimum Gasteiger partial charge on any atom is -0.314 e. The Balaban J connectivity index is 2.31. The van der Waals surface area contributed by atoms with E-state index in [4.69, 9.17) is 0 Å². The number of nitrogens with one attached hydrogen (secondary N) is 2. The van der Waals surface area contributed by atoms with Gasteiger partial charge in [0.1, 0.15) is 0 Å². The third-order valence-corrected chi connectivity index (χ3v) is 3.15. The number of halogens is 4.